The third-order valence-corrected chi connectivity index (χ3v) is 12.2. The number of phosphoric acid groups is 2. The number of allylic oxidation sites excluding steroid dienone is 2. The van der Waals surface area contributed by atoms with Crippen LogP contribution in [0, 0.1) is 17.8 Å². The summed E-state index contributed by atoms with van der Waals surface area (Å²) in [6, 6.07) is 0. The first kappa shape index (κ1) is 57.2. The van der Waals surface area contributed by atoms with Crippen molar-refractivity contribution in [2.75, 3.05) is 26.4 Å². The third-order valence-electron chi connectivity index (χ3n) is 10.7. The first-order valence-corrected chi connectivity index (χ1v) is 25.6. The normalized spacial score (nSPS) is 20.2. The molecule has 1 rings (SSSR count). The van der Waals surface area contributed by atoms with Crippen molar-refractivity contribution in [3.8, 4) is 0 Å². The number of phosphoric ester groups is 2. The molecule has 0 aliphatic heterocycles. The van der Waals surface area contributed by atoms with E-state index >= 15 is 0 Å². The lowest BCUT2D eigenvalue weighted by molar-refractivity contribution is -0.161. The molecule has 1 aliphatic rings. The maximum absolute atomic E-state index is 12.8. The number of aliphatic hydroxyl groups is 3. The van der Waals surface area contributed by atoms with Crippen LogP contribution in [0.3, 0.4) is 0 Å². The second-order valence-corrected chi connectivity index (χ2v) is 19.0. The summed E-state index contributed by atoms with van der Waals surface area (Å²) in [5.74, 6) is -1.29. The predicted molar refractivity (Wildman–Crippen MR) is 231 cm³/mol. The Bertz CT molecular complexity index is 1350. The van der Waals surface area contributed by atoms with E-state index in [1.54, 1.807) is 12.2 Å². The Kier molecular flexibility index (Phi) is 31.6. The van der Waals surface area contributed by atoms with E-state index in [-0.39, 0.29) is 25.0 Å². The lowest BCUT2D eigenvalue weighted by Crippen LogP contribution is -2.29. The van der Waals surface area contributed by atoms with Crippen LogP contribution in [-0.4, -0.2) is 98.6 Å². The van der Waals surface area contributed by atoms with Crippen LogP contribution in [0.15, 0.2) is 24.3 Å². The van der Waals surface area contributed by atoms with E-state index in [1.165, 1.54) is 44.9 Å². The lowest BCUT2D eigenvalue weighted by atomic mass is 9.90. The van der Waals surface area contributed by atoms with Gasteiger partial charge in [0.2, 0.25) is 0 Å². The van der Waals surface area contributed by atoms with Crippen LogP contribution in [0.1, 0.15) is 162 Å². The molecule has 0 aromatic heterocycles. The van der Waals surface area contributed by atoms with Crippen molar-refractivity contribution in [1.29, 1.82) is 0 Å². The van der Waals surface area contributed by atoms with Gasteiger partial charge in [0.1, 0.15) is 18.5 Å². The van der Waals surface area contributed by atoms with Crippen molar-refractivity contribution in [3.63, 3.8) is 0 Å². The second-order valence-electron chi connectivity index (χ2n) is 16.4. The van der Waals surface area contributed by atoms with E-state index in [2.05, 4.69) is 29.8 Å². The van der Waals surface area contributed by atoms with Gasteiger partial charge in [-0.25, -0.2) is 9.13 Å². The van der Waals surface area contributed by atoms with Crippen molar-refractivity contribution in [1.82, 2.24) is 0 Å². The lowest BCUT2D eigenvalue weighted by Gasteiger charge is -2.20. The number of aliphatic hydroxyl groups excluding tert-OH is 3. The van der Waals surface area contributed by atoms with Crippen molar-refractivity contribution in [2.24, 2.45) is 17.8 Å². The molecule has 0 amide bonds. The van der Waals surface area contributed by atoms with Crippen molar-refractivity contribution in [2.45, 2.75) is 186 Å². The Hall–Kier alpha value is -1.81. The smallest absolute Gasteiger partial charge is 0.462 e. The minimum atomic E-state index is -4.90. The van der Waals surface area contributed by atoms with Crippen molar-refractivity contribution >= 4 is 33.4 Å². The van der Waals surface area contributed by atoms with E-state index in [0.29, 0.717) is 32.1 Å². The number of hydrogen-bond acceptors (Lipinski definition) is 13. The van der Waals surface area contributed by atoms with Gasteiger partial charge < -0.3 is 39.5 Å². The average Bonchev–Trinajstić information content (AvgIpc) is 3.48. The fourth-order valence-electron chi connectivity index (χ4n) is 6.83. The molecule has 61 heavy (non-hydrogen) atoms. The number of hydrogen-bond donors (Lipinski definition) is 6. The molecule has 0 spiro atoms. The number of unbranched alkanes of at least 4 members (excludes halogenated alkanes) is 12. The molecule has 8 atom stereocenters. The SMILES string of the molecule is CCCCC[C@H](O)/C=C/[C@H]1[C@H](O)CC(=O)[C@@H]1C/C=C\CCCC(=O)O[C@H](COC(=O)CCCCCCCCCCCCC(C)CC)COP(=O)(O)OC[C@@H](O)COP(=O)(O)O. The largest absolute Gasteiger partial charge is 0.472 e. The number of Topliss-reactive ketones (excluding diaryl/α,β-unsaturated/α-hetero) is 1. The van der Waals surface area contributed by atoms with Crippen LogP contribution in [0.4, 0.5) is 0 Å². The summed E-state index contributed by atoms with van der Waals surface area (Å²) in [4.78, 5) is 65.5. The standard InChI is InChI=1S/C43H78O16P2/c1-4-6-17-23-35(44)27-28-39-38(40(46)29-41(39)47)24-19-15-16-21-26-43(49)59-37(33-58-61(53,54)57-31-36(45)30-56-60(50,51)52)32-55-42(48)25-20-14-12-10-8-7-9-11-13-18-22-34(3)5-2/h15,19,27-28,34-39,41,44-45,47H,4-14,16-18,20-26,29-33H2,1-3H3,(H,53,54)(H2,50,51,52)/b19-15-,28-27+/t34?,35-,36-,37+,38+,39+,41+/m0/s1. The Morgan fingerprint density at radius 2 is 1.34 bits per heavy atom. The number of carbonyl (C=O) groups is 3. The second kappa shape index (κ2) is 33.7. The third kappa shape index (κ3) is 30.8. The molecule has 16 nitrogen and oxygen atoms in total. The van der Waals surface area contributed by atoms with Gasteiger partial charge in [0.15, 0.2) is 6.10 Å². The molecule has 356 valence electrons. The van der Waals surface area contributed by atoms with Crippen molar-refractivity contribution in [3.05, 3.63) is 24.3 Å². The Balaban J connectivity index is 2.58. The number of carbonyl (C=O) groups excluding carboxylic acids is 3. The predicted octanol–water partition coefficient (Wildman–Crippen LogP) is 7.95. The molecule has 0 radical (unpaired) electrons. The quantitative estimate of drug-likeness (QED) is 0.0149. The molecule has 1 saturated carbocycles. The van der Waals surface area contributed by atoms with Crippen LogP contribution in [0.5, 0.6) is 0 Å². The van der Waals surface area contributed by atoms with Gasteiger partial charge in [-0.15, -0.1) is 0 Å². The van der Waals surface area contributed by atoms with Gasteiger partial charge in [0.05, 0.1) is 32.0 Å². The van der Waals surface area contributed by atoms with E-state index in [1.807, 2.05) is 12.2 Å². The van der Waals surface area contributed by atoms with Crippen LogP contribution < -0.4 is 0 Å². The highest BCUT2D eigenvalue weighted by Gasteiger charge is 2.39. The average molecular weight is 913 g/mol. The summed E-state index contributed by atoms with van der Waals surface area (Å²) >= 11 is 0. The van der Waals surface area contributed by atoms with Gasteiger partial charge in [-0.2, -0.15) is 0 Å². The first-order chi connectivity index (χ1) is 29.0. The summed E-state index contributed by atoms with van der Waals surface area (Å²) in [5, 5.41) is 30.5. The zero-order valence-corrected chi connectivity index (χ0v) is 38.7. The van der Waals surface area contributed by atoms with Gasteiger partial charge in [-0.1, -0.05) is 135 Å². The minimum absolute atomic E-state index is 0.0492. The Labute approximate surface area is 364 Å². The van der Waals surface area contributed by atoms with Crippen LogP contribution in [0.25, 0.3) is 0 Å². The zero-order valence-electron chi connectivity index (χ0n) is 36.9. The van der Waals surface area contributed by atoms with Gasteiger partial charge in [-0.3, -0.25) is 28.0 Å². The van der Waals surface area contributed by atoms with Gasteiger partial charge in [0.25, 0.3) is 0 Å². The number of esters is 2. The maximum atomic E-state index is 12.8. The fourth-order valence-corrected chi connectivity index (χ4v) is 7.99. The van der Waals surface area contributed by atoms with Crippen LogP contribution in [-0.2, 0) is 46.6 Å². The highest BCUT2D eigenvalue weighted by atomic mass is 31.2. The minimum Gasteiger partial charge on any atom is -0.462 e. The molecule has 0 heterocycles. The highest BCUT2D eigenvalue weighted by molar-refractivity contribution is 7.47. The van der Waals surface area contributed by atoms with E-state index in [0.717, 1.165) is 50.9 Å². The van der Waals surface area contributed by atoms with E-state index in [9.17, 15) is 43.7 Å². The molecule has 0 saturated heterocycles. The number of rotatable bonds is 38. The summed E-state index contributed by atoms with van der Waals surface area (Å²) in [7, 11) is -9.78. The molecule has 6 N–H and O–H groups in total. The molecular weight excluding hydrogens is 834 g/mol. The zero-order chi connectivity index (χ0) is 45.5. The summed E-state index contributed by atoms with van der Waals surface area (Å²) < 4.78 is 47.8. The molecule has 0 aromatic rings. The van der Waals surface area contributed by atoms with Gasteiger partial charge in [-0.05, 0) is 38.0 Å². The molecule has 18 heteroatoms. The molecule has 1 aliphatic carbocycles. The first-order valence-electron chi connectivity index (χ1n) is 22.5. The summed E-state index contributed by atoms with van der Waals surface area (Å²) in [6.07, 6.45) is 21.1. The van der Waals surface area contributed by atoms with E-state index < -0.39 is 90.3 Å². The number of ketones is 1. The topological polar surface area (TPSA) is 253 Å². The Morgan fingerprint density at radius 3 is 1.98 bits per heavy atom. The molecule has 0 aromatic carbocycles. The highest BCUT2D eigenvalue weighted by Crippen LogP contribution is 2.44. The van der Waals surface area contributed by atoms with Crippen LogP contribution in [0.2, 0.25) is 0 Å². The Morgan fingerprint density at radius 1 is 0.754 bits per heavy atom. The molecule has 0 bridgehead atoms. The van der Waals surface area contributed by atoms with Gasteiger partial charge >= 0.3 is 27.6 Å². The molecule has 1 fully saturated rings. The van der Waals surface area contributed by atoms with Crippen LogP contribution >= 0.6 is 15.6 Å². The number of ether oxygens (including phenoxy) is 2. The van der Waals surface area contributed by atoms with Crippen molar-refractivity contribution < 1.29 is 76.6 Å². The van der Waals surface area contributed by atoms with E-state index in [4.69, 9.17) is 23.8 Å². The van der Waals surface area contributed by atoms with Gasteiger partial charge in [0, 0.05) is 31.1 Å². The molecular formula is C43H78O16P2. The monoisotopic (exact) mass is 912 g/mol. The summed E-state index contributed by atoms with van der Waals surface area (Å²) in [5.41, 5.74) is 0. The molecule has 2 unspecified atom stereocenters. The fraction of sp³-hybridized carbons (Fsp3) is 0.837. The summed E-state index contributed by atoms with van der Waals surface area (Å²) in [6.45, 7) is 3.67. The maximum Gasteiger partial charge on any atom is 0.472 e.